The monoisotopic (exact) mass is 456 g/mol. The van der Waals surface area contributed by atoms with Gasteiger partial charge in [0.25, 0.3) is 0 Å². The summed E-state index contributed by atoms with van der Waals surface area (Å²) in [7, 11) is 0. The number of fused-ring (bicyclic) bond motifs is 2. The van der Waals surface area contributed by atoms with E-state index in [1.165, 1.54) is 12.2 Å². The van der Waals surface area contributed by atoms with Crippen LogP contribution in [-0.2, 0) is 9.59 Å². The van der Waals surface area contributed by atoms with Crippen molar-refractivity contribution in [1.82, 2.24) is 0 Å². The van der Waals surface area contributed by atoms with Crippen LogP contribution in [0.5, 0.6) is 23.0 Å². The van der Waals surface area contributed by atoms with Gasteiger partial charge in [-0.05, 0) is 65.7 Å². The molecular formula is C26H20N2O6. The number of benzene rings is 3. The van der Waals surface area contributed by atoms with Crippen LogP contribution in [0.1, 0.15) is 11.1 Å². The molecule has 3 aromatic rings. The Kier molecular flexibility index (Phi) is 5.85. The summed E-state index contributed by atoms with van der Waals surface area (Å²) in [5.41, 5.74) is 2.74. The lowest BCUT2D eigenvalue weighted by molar-refractivity contribution is -0.112. The minimum Gasteiger partial charge on any atom is -0.454 e. The summed E-state index contributed by atoms with van der Waals surface area (Å²) in [5.74, 6) is 2.07. The van der Waals surface area contributed by atoms with Gasteiger partial charge in [-0.25, -0.2) is 0 Å². The summed E-state index contributed by atoms with van der Waals surface area (Å²) in [6.07, 6.45) is 6.22. The summed E-state index contributed by atoms with van der Waals surface area (Å²) in [4.78, 5) is 24.6. The summed E-state index contributed by atoms with van der Waals surface area (Å²) in [5, 5.41) is 5.57. The van der Waals surface area contributed by atoms with Crippen LogP contribution in [0.4, 0.5) is 11.4 Å². The second-order valence-corrected chi connectivity index (χ2v) is 7.45. The Morgan fingerprint density at radius 1 is 0.618 bits per heavy atom. The first kappa shape index (κ1) is 21.1. The second kappa shape index (κ2) is 9.41. The number of hydrogen-bond acceptors (Lipinski definition) is 6. The van der Waals surface area contributed by atoms with Crippen molar-refractivity contribution in [2.75, 3.05) is 24.2 Å². The van der Waals surface area contributed by atoms with E-state index in [0.29, 0.717) is 34.4 Å². The van der Waals surface area contributed by atoms with Crippen LogP contribution < -0.4 is 29.6 Å². The van der Waals surface area contributed by atoms with Gasteiger partial charge in [0, 0.05) is 23.5 Å². The summed E-state index contributed by atoms with van der Waals surface area (Å²) in [6.45, 7) is 0.397. The normalized spacial score (nSPS) is 13.4. The molecule has 0 spiro atoms. The van der Waals surface area contributed by atoms with Crippen LogP contribution in [0.3, 0.4) is 0 Å². The average molecular weight is 456 g/mol. The first-order chi connectivity index (χ1) is 16.6. The lowest BCUT2D eigenvalue weighted by atomic mass is 10.2. The molecular weight excluding hydrogens is 436 g/mol. The minimum absolute atomic E-state index is 0.198. The Morgan fingerprint density at radius 2 is 1.09 bits per heavy atom. The van der Waals surface area contributed by atoms with Crippen LogP contribution in [0, 0.1) is 0 Å². The summed E-state index contributed by atoms with van der Waals surface area (Å²) >= 11 is 0. The molecule has 0 aromatic heterocycles. The highest BCUT2D eigenvalue weighted by atomic mass is 16.7. The summed E-state index contributed by atoms with van der Waals surface area (Å²) in [6, 6.07) is 17.8. The molecule has 3 aromatic carbocycles. The molecule has 2 heterocycles. The predicted octanol–water partition coefficient (Wildman–Crippen LogP) is 4.45. The van der Waals surface area contributed by atoms with E-state index in [-0.39, 0.29) is 25.4 Å². The topological polar surface area (TPSA) is 95.1 Å². The highest BCUT2D eigenvalue weighted by molar-refractivity contribution is 6.04. The Hall–Kier alpha value is -4.72. The van der Waals surface area contributed by atoms with Crippen molar-refractivity contribution >= 4 is 35.3 Å². The van der Waals surface area contributed by atoms with Gasteiger partial charge in [0.2, 0.25) is 25.4 Å². The van der Waals surface area contributed by atoms with Crippen molar-refractivity contribution in [3.63, 3.8) is 0 Å². The molecule has 5 rings (SSSR count). The van der Waals surface area contributed by atoms with Crippen LogP contribution in [-0.4, -0.2) is 25.4 Å². The maximum atomic E-state index is 12.3. The van der Waals surface area contributed by atoms with E-state index < -0.39 is 0 Å². The molecule has 0 fully saturated rings. The Morgan fingerprint density at radius 3 is 1.59 bits per heavy atom. The van der Waals surface area contributed by atoms with E-state index in [1.807, 2.05) is 12.1 Å². The Labute approximate surface area is 195 Å². The van der Waals surface area contributed by atoms with E-state index in [4.69, 9.17) is 18.9 Å². The number of nitrogens with one attached hydrogen (secondary N) is 2. The molecule has 2 N–H and O–H groups in total. The second-order valence-electron chi connectivity index (χ2n) is 7.45. The fourth-order valence-electron chi connectivity index (χ4n) is 3.42. The lowest BCUT2D eigenvalue weighted by Gasteiger charge is -2.06. The van der Waals surface area contributed by atoms with Gasteiger partial charge in [-0.1, -0.05) is 18.2 Å². The predicted molar refractivity (Wildman–Crippen MR) is 127 cm³/mol. The van der Waals surface area contributed by atoms with Crippen molar-refractivity contribution in [1.29, 1.82) is 0 Å². The number of anilines is 2. The Bertz CT molecular complexity index is 1220. The molecule has 0 saturated carbocycles. The molecule has 170 valence electrons. The maximum absolute atomic E-state index is 12.3. The first-order valence-electron chi connectivity index (χ1n) is 10.5. The SMILES string of the molecule is O=C(C=Cc1ccc2c(c1)OCO2)Nc1cccc(NC(=O)C=Cc2ccc3c(c2)OCO3)c1. The largest absolute Gasteiger partial charge is 0.454 e. The quantitative estimate of drug-likeness (QED) is 0.533. The van der Waals surface area contributed by atoms with Crippen molar-refractivity contribution in [3.05, 3.63) is 83.9 Å². The van der Waals surface area contributed by atoms with Gasteiger partial charge in [0.1, 0.15) is 0 Å². The van der Waals surface area contributed by atoms with E-state index in [0.717, 1.165) is 11.1 Å². The molecule has 34 heavy (non-hydrogen) atoms. The highest BCUT2D eigenvalue weighted by Gasteiger charge is 2.13. The molecule has 8 heteroatoms. The number of rotatable bonds is 6. The van der Waals surface area contributed by atoms with Crippen molar-refractivity contribution in [2.24, 2.45) is 0 Å². The molecule has 0 unspecified atom stereocenters. The highest BCUT2D eigenvalue weighted by Crippen LogP contribution is 2.33. The number of carbonyl (C=O) groups is 2. The number of amides is 2. The minimum atomic E-state index is -0.302. The zero-order valence-electron chi connectivity index (χ0n) is 17.9. The van der Waals surface area contributed by atoms with E-state index in [1.54, 1.807) is 60.7 Å². The van der Waals surface area contributed by atoms with E-state index >= 15 is 0 Å². The molecule has 0 saturated heterocycles. The van der Waals surface area contributed by atoms with Crippen LogP contribution >= 0.6 is 0 Å². The third-order valence-corrected chi connectivity index (χ3v) is 5.05. The first-order valence-corrected chi connectivity index (χ1v) is 10.5. The van der Waals surface area contributed by atoms with Gasteiger partial charge in [0.15, 0.2) is 23.0 Å². The third-order valence-electron chi connectivity index (χ3n) is 5.05. The van der Waals surface area contributed by atoms with E-state index in [9.17, 15) is 9.59 Å². The smallest absolute Gasteiger partial charge is 0.248 e. The lowest BCUT2D eigenvalue weighted by Crippen LogP contribution is -2.10. The van der Waals surface area contributed by atoms with Gasteiger partial charge in [-0.3, -0.25) is 9.59 Å². The van der Waals surface area contributed by atoms with Gasteiger partial charge in [0.05, 0.1) is 0 Å². The van der Waals surface area contributed by atoms with Crippen LogP contribution in [0.15, 0.2) is 72.8 Å². The Balaban J connectivity index is 1.17. The van der Waals surface area contributed by atoms with Gasteiger partial charge in [-0.2, -0.15) is 0 Å². The standard InChI is InChI=1S/C26H20N2O6/c29-25(10-6-17-4-8-21-23(12-17)33-15-31-21)27-19-2-1-3-20(14-19)28-26(30)11-7-18-5-9-22-24(13-18)34-16-32-22/h1-14H,15-16H2,(H,27,29)(H,28,30). The van der Waals surface area contributed by atoms with Crippen molar-refractivity contribution in [2.45, 2.75) is 0 Å². The average Bonchev–Trinajstić information content (AvgIpc) is 3.50. The van der Waals surface area contributed by atoms with Gasteiger partial charge >= 0.3 is 0 Å². The molecule has 2 aliphatic rings. The van der Waals surface area contributed by atoms with Crippen molar-refractivity contribution < 1.29 is 28.5 Å². The zero-order valence-corrected chi connectivity index (χ0v) is 17.9. The molecule has 0 aliphatic carbocycles. The van der Waals surface area contributed by atoms with Crippen LogP contribution in [0.25, 0.3) is 12.2 Å². The molecule has 0 bridgehead atoms. The molecule has 2 amide bonds. The molecule has 2 aliphatic heterocycles. The van der Waals surface area contributed by atoms with Gasteiger partial charge in [-0.15, -0.1) is 0 Å². The van der Waals surface area contributed by atoms with Gasteiger partial charge < -0.3 is 29.6 Å². The number of carbonyl (C=O) groups excluding carboxylic acids is 2. The molecule has 0 radical (unpaired) electrons. The summed E-state index contributed by atoms with van der Waals surface area (Å²) < 4.78 is 21.2. The fraction of sp³-hybridized carbons (Fsp3) is 0.0769. The van der Waals surface area contributed by atoms with Crippen LogP contribution in [0.2, 0.25) is 0 Å². The fourth-order valence-corrected chi connectivity index (χ4v) is 3.42. The molecule has 0 atom stereocenters. The number of ether oxygens (including phenoxy) is 4. The number of hydrogen-bond donors (Lipinski definition) is 2. The van der Waals surface area contributed by atoms with E-state index in [2.05, 4.69) is 10.6 Å². The molecule has 8 nitrogen and oxygen atoms in total. The zero-order chi connectivity index (χ0) is 23.3. The maximum Gasteiger partial charge on any atom is 0.248 e. The third kappa shape index (κ3) is 5.02. The van der Waals surface area contributed by atoms with Crippen molar-refractivity contribution in [3.8, 4) is 23.0 Å².